The minimum Gasteiger partial charge on any atom is -0.338 e. The molecule has 0 saturated carbocycles. The van der Waals surface area contributed by atoms with Crippen LogP contribution in [-0.4, -0.2) is 30.4 Å². The van der Waals surface area contributed by atoms with Crippen molar-refractivity contribution in [3.05, 3.63) is 35.4 Å². The number of carbonyl (C=O) groups excluding carboxylic acids is 1. The van der Waals surface area contributed by atoms with E-state index in [9.17, 15) is 13.6 Å². The van der Waals surface area contributed by atoms with Gasteiger partial charge in [0.25, 0.3) is 5.91 Å². The lowest BCUT2D eigenvalue weighted by Crippen LogP contribution is -2.30. The fourth-order valence-electron chi connectivity index (χ4n) is 2.04. The molecule has 1 aromatic rings. The van der Waals surface area contributed by atoms with E-state index < -0.39 is 17.5 Å². The minimum atomic E-state index is -0.814. The number of halogens is 2. The molecule has 1 aliphatic heterocycles. The third-order valence-corrected chi connectivity index (χ3v) is 3.07. The smallest absolute Gasteiger partial charge is 0.256 e. The molecule has 0 spiro atoms. The number of hydrogen-bond donors (Lipinski definition) is 1. The molecule has 17 heavy (non-hydrogen) atoms. The van der Waals surface area contributed by atoms with Crippen molar-refractivity contribution >= 4 is 5.91 Å². The molecule has 2 N–H and O–H groups in total. The lowest BCUT2D eigenvalue weighted by Gasteiger charge is -2.16. The maximum Gasteiger partial charge on any atom is 0.256 e. The van der Waals surface area contributed by atoms with Gasteiger partial charge >= 0.3 is 0 Å². The van der Waals surface area contributed by atoms with E-state index in [2.05, 4.69) is 0 Å². The van der Waals surface area contributed by atoms with E-state index in [1.165, 1.54) is 6.07 Å². The van der Waals surface area contributed by atoms with Gasteiger partial charge in [0, 0.05) is 19.2 Å². The van der Waals surface area contributed by atoms with E-state index in [0.717, 1.165) is 18.6 Å². The number of carbonyl (C=O) groups is 1. The van der Waals surface area contributed by atoms with Crippen LogP contribution in [-0.2, 0) is 0 Å². The summed E-state index contributed by atoms with van der Waals surface area (Å²) in [6.07, 6.45) is 0.838. The molecule has 1 aromatic carbocycles. The summed E-state index contributed by atoms with van der Waals surface area (Å²) in [4.78, 5) is 13.5. The van der Waals surface area contributed by atoms with Crippen LogP contribution in [0.15, 0.2) is 18.2 Å². The summed E-state index contributed by atoms with van der Waals surface area (Å²) in [5.41, 5.74) is 5.44. The molecule has 5 heteroatoms. The Hall–Kier alpha value is -1.49. The number of hydrogen-bond acceptors (Lipinski definition) is 2. The van der Waals surface area contributed by atoms with Crippen molar-refractivity contribution in [1.29, 1.82) is 0 Å². The van der Waals surface area contributed by atoms with E-state index in [0.29, 0.717) is 19.6 Å². The first kappa shape index (κ1) is 12.0. The first-order chi connectivity index (χ1) is 8.11. The Morgan fingerprint density at radius 1 is 1.47 bits per heavy atom. The number of amides is 1. The average Bonchev–Trinajstić information content (AvgIpc) is 2.76. The quantitative estimate of drug-likeness (QED) is 0.849. The molecule has 1 aliphatic rings. The Labute approximate surface area is 98.2 Å². The van der Waals surface area contributed by atoms with Crippen LogP contribution in [0.1, 0.15) is 16.8 Å². The molecule has 1 saturated heterocycles. The van der Waals surface area contributed by atoms with Crippen molar-refractivity contribution in [2.75, 3.05) is 19.6 Å². The summed E-state index contributed by atoms with van der Waals surface area (Å²) in [5.74, 6) is -1.60. The second-order valence-electron chi connectivity index (χ2n) is 4.27. The number of likely N-dealkylation sites (tertiary alicyclic amines) is 1. The van der Waals surface area contributed by atoms with Crippen molar-refractivity contribution in [2.24, 2.45) is 11.7 Å². The molecule has 0 unspecified atom stereocenters. The number of rotatable bonds is 2. The van der Waals surface area contributed by atoms with Crippen LogP contribution in [0.25, 0.3) is 0 Å². The lowest BCUT2D eigenvalue weighted by atomic mass is 10.1. The normalized spacial score (nSPS) is 19.7. The highest BCUT2D eigenvalue weighted by Crippen LogP contribution is 2.19. The fourth-order valence-corrected chi connectivity index (χ4v) is 2.04. The van der Waals surface area contributed by atoms with Gasteiger partial charge < -0.3 is 10.6 Å². The standard InChI is InChI=1S/C12H14F2N2O/c13-9-1-2-10(11(14)5-9)12(17)16-4-3-8(6-15)7-16/h1-2,5,8H,3-4,6-7,15H2/t8-/m0/s1. The Bertz CT molecular complexity index is 437. The maximum absolute atomic E-state index is 13.4. The third-order valence-electron chi connectivity index (χ3n) is 3.07. The van der Waals surface area contributed by atoms with Gasteiger partial charge in [-0.3, -0.25) is 4.79 Å². The summed E-state index contributed by atoms with van der Waals surface area (Å²) in [6.45, 7) is 1.65. The zero-order chi connectivity index (χ0) is 12.4. The van der Waals surface area contributed by atoms with Crippen LogP contribution in [0.5, 0.6) is 0 Å². The summed E-state index contributed by atoms with van der Waals surface area (Å²) in [5, 5.41) is 0. The van der Waals surface area contributed by atoms with Gasteiger partial charge in [0.15, 0.2) is 0 Å². The monoisotopic (exact) mass is 240 g/mol. The highest BCUT2D eigenvalue weighted by molar-refractivity contribution is 5.94. The van der Waals surface area contributed by atoms with Crippen molar-refractivity contribution < 1.29 is 13.6 Å². The van der Waals surface area contributed by atoms with E-state index in [1.807, 2.05) is 0 Å². The molecule has 1 atom stereocenters. The Kier molecular flexibility index (Phi) is 3.38. The highest BCUT2D eigenvalue weighted by Gasteiger charge is 2.27. The van der Waals surface area contributed by atoms with Gasteiger partial charge in [-0.05, 0) is 31.0 Å². The minimum absolute atomic E-state index is 0.0796. The molecule has 0 aromatic heterocycles. The first-order valence-corrected chi connectivity index (χ1v) is 5.56. The SMILES string of the molecule is NC[C@@H]1CCN(C(=O)c2ccc(F)cc2F)C1. The largest absolute Gasteiger partial charge is 0.338 e. The molecule has 92 valence electrons. The van der Waals surface area contributed by atoms with Crippen molar-refractivity contribution in [3.8, 4) is 0 Å². The second kappa shape index (κ2) is 4.79. The van der Waals surface area contributed by atoms with Crippen LogP contribution in [0.2, 0.25) is 0 Å². The first-order valence-electron chi connectivity index (χ1n) is 5.56. The Morgan fingerprint density at radius 2 is 2.24 bits per heavy atom. The van der Waals surface area contributed by atoms with E-state index >= 15 is 0 Å². The zero-order valence-electron chi connectivity index (χ0n) is 9.33. The zero-order valence-corrected chi connectivity index (χ0v) is 9.33. The fraction of sp³-hybridized carbons (Fsp3) is 0.417. The molecular formula is C12H14F2N2O. The van der Waals surface area contributed by atoms with Gasteiger partial charge in [0.1, 0.15) is 11.6 Å². The van der Waals surface area contributed by atoms with Gasteiger partial charge in [0.05, 0.1) is 5.56 Å². The number of nitrogens with two attached hydrogens (primary N) is 1. The topological polar surface area (TPSA) is 46.3 Å². The molecule has 0 radical (unpaired) electrons. The van der Waals surface area contributed by atoms with Gasteiger partial charge in [-0.2, -0.15) is 0 Å². The van der Waals surface area contributed by atoms with Crippen LogP contribution >= 0.6 is 0 Å². The van der Waals surface area contributed by atoms with Gasteiger partial charge in [-0.15, -0.1) is 0 Å². The maximum atomic E-state index is 13.4. The molecule has 0 aliphatic carbocycles. The number of benzene rings is 1. The van der Waals surface area contributed by atoms with Crippen LogP contribution in [0, 0.1) is 17.6 Å². The van der Waals surface area contributed by atoms with E-state index in [4.69, 9.17) is 5.73 Å². The molecular weight excluding hydrogens is 226 g/mol. The van der Waals surface area contributed by atoms with Crippen LogP contribution in [0.4, 0.5) is 8.78 Å². The Balaban J connectivity index is 2.15. The third kappa shape index (κ3) is 2.44. The molecule has 1 fully saturated rings. The second-order valence-corrected chi connectivity index (χ2v) is 4.27. The summed E-state index contributed by atoms with van der Waals surface area (Å²) < 4.78 is 26.1. The van der Waals surface area contributed by atoms with E-state index in [1.54, 1.807) is 4.90 Å². The summed E-state index contributed by atoms with van der Waals surface area (Å²) >= 11 is 0. The molecule has 0 bridgehead atoms. The molecule has 1 heterocycles. The number of nitrogens with zero attached hydrogens (tertiary/aromatic N) is 1. The average molecular weight is 240 g/mol. The van der Waals surface area contributed by atoms with Crippen molar-refractivity contribution in [1.82, 2.24) is 4.90 Å². The van der Waals surface area contributed by atoms with Gasteiger partial charge in [-0.1, -0.05) is 0 Å². The Morgan fingerprint density at radius 3 is 2.82 bits per heavy atom. The van der Waals surface area contributed by atoms with Gasteiger partial charge in [0.2, 0.25) is 0 Å². The lowest BCUT2D eigenvalue weighted by molar-refractivity contribution is 0.0783. The molecule has 1 amide bonds. The van der Waals surface area contributed by atoms with Crippen molar-refractivity contribution in [2.45, 2.75) is 6.42 Å². The van der Waals surface area contributed by atoms with E-state index in [-0.39, 0.29) is 11.5 Å². The van der Waals surface area contributed by atoms with Crippen LogP contribution < -0.4 is 5.73 Å². The summed E-state index contributed by atoms with van der Waals surface area (Å²) in [7, 11) is 0. The van der Waals surface area contributed by atoms with Crippen molar-refractivity contribution in [3.63, 3.8) is 0 Å². The molecule has 2 rings (SSSR count). The van der Waals surface area contributed by atoms with Crippen LogP contribution in [0.3, 0.4) is 0 Å². The molecule has 3 nitrogen and oxygen atoms in total. The highest BCUT2D eigenvalue weighted by atomic mass is 19.1. The summed E-state index contributed by atoms with van der Waals surface area (Å²) in [6, 6.07) is 3.00. The van der Waals surface area contributed by atoms with Gasteiger partial charge in [-0.25, -0.2) is 8.78 Å². The predicted octanol–water partition coefficient (Wildman–Crippen LogP) is 1.39. The predicted molar refractivity (Wildman–Crippen MR) is 59.4 cm³/mol.